The predicted octanol–water partition coefficient (Wildman–Crippen LogP) is 5.21. The molecular formula is C19H16F3N3O2S. The van der Waals surface area contributed by atoms with Crippen LogP contribution in [0.25, 0.3) is 11.3 Å². The summed E-state index contributed by atoms with van der Waals surface area (Å²) in [5, 5.41) is 6.64. The Labute approximate surface area is 163 Å². The number of benzene rings is 2. The van der Waals surface area contributed by atoms with Crippen LogP contribution in [0.2, 0.25) is 0 Å². The van der Waals surface area contributed by atoms with Crippen LogP contribution in [0.15, 0.2) is 59.0 Å². The van der Waals surface area contributed by atoms with E-state index in [0.717, 1.165) is 11.3 Å². The molecule has 0 atom stereocenters. The lowest BCUT2D eigenvalue weighted by Crippen LogP contribution is -2.19. The van der Waals surface area contributed by atoms with Gasteiger partial charge in [-0.1, -0.05) is 30.3 Å². The highest BCUT2D eigenvalue weighted by Crippen LogP contribution is 2.29. The molecule has 3 aromatic rings. The van der Waals surface area contributed by atoms with Crippen molar-refractivity contribution in [1.29, 1.82) is 0 Å². The predicted molar refractivity (Wildman–Crippen MR) is 103 cm³/mol. The fourth-order valence-corrected chi connectivity index (χ4v) is 2.94. The number of hydrogen-bond donors (Lipinski definition) is 1. The quantitative estimate of drug-likeness (QED) is 0.432. The van der Waals surface area contributed by atoms with Gasteiger partial charge in [-0.25, -0.2) is 4.98 Å². The Kier molecular flexibility index (Phi) is 6.15. The average molecular weight is 407 g/mol. The van der Waals surface area contributed by atoms with Crippen molar-refractivity contribution in [2.75, 3.05) is 19.1 Å². The third-order valence-electron chi connectivity index (χ3n) is 3.53. The van der Waals surface area contributed by atoms with Gasteiger partial charge in [-0.3, -0.25) is 5.43 Å². The van der Waals surface area contributed by atoms with Gasteiger partial charge in [0.2, 0.25) is 5.13 Å². The van der Waals surface area contributed by atoms with E-state index in [1.54, 1.807) is 6.07 Å². The standard InChI is InChI=1S/C19H16F3N3O2S/c1-26-17-9-13(7-8-16(17)27-12-19(20,21)22)10-23-25-18-24-15(11-28-18)14-5-3-2-4-6-14/h2-11H,12H2,1H3,(H,24,25). The van der Waals surface area contributed by atoms with Crippen LogP contribution in [-0.2, 0) is 0 Å². The number of alkyl halides is 3. The Morgan fingerprint density at radius 3 is 2.64 bits per heavy atom. The number of anilines is 1. The summed E-state index contributed by atoms with van der Waals surface area (Å²) in [7, 11) is 1.36. The van der Waals surface area contributed by atoms with Crippen molar-refractivity contribution in [3.8, 4) is 22.8 Å². The van der Waals surface area contributed by atoms with Crippen LogP contribution in [0.4, 0.5) is 18.3 Å². The molecule has 1 N–H and O–H groups in total. The molecule has 1 aromatic heterocycles. The van der Waals surface area contributed by atoms with Crippen LogP contribution in [0.5, 0.6) is 11.5 Å². The van der Waals surface area contributed by atoms with Gasteiger partial charge in [0, 0.05) is 10.9 Å². The smallest absolute Gasteiger partial charge is 0.422 e. The first kappa shape index (κ1) is 19.7. The Bertz CT molecular complexity index is 943. The van der Waals surface area contributed by atoms with Crippen LogP contribution in [-0.4, -0.2) is 31.1 Å². The second-order valence-electron chi connectivity index (χ2n) is 5.59. The van der Waals surface area contributed by atoms with Crippen LogP contribution in [0, 0.1) is 0 Å². The summed E-state index contributed by atoms with van der Waals surface area (Å²) in [5.74, 6) is 0.200. The summed E-state index contributed by atoms with van der Waals surface area (Å²) in [6.45, 7) is -1.38. The fourth-order valence-electron chi connectivity index (χ4n) is 2.27. The maximum atomic E-state index is 12.3. The van der Waals surface area contributed by atoms with E-state index >= 15 is 0 Å². The highest BCUT2D eigenvalue weighted by atomic mass is 32.1. The number of thiazole rings is 1. The Balaban J connectivity index is 1.63. The van der Waals surface area contributed by atoms with Gasteiger partial charge in [0.25, 0.3) is 0 Å². The minimum Gasteiger partial charge on any atom is -0.493 e. The number of nitrogens with one attached hydrogen (secondary N) is 1. The van der Waals surface area contributed by atoms with Gasteiger partial charge in [0.15, 0.2) is 18.1 Å². The zero-order valence-corrected chi connectivity index (χ0v) is 15.6. The van der Waals surface area contributed by atoms with Crippen molar-refractivity contribution in [3.05, 3.63) is 59.5 Å². The van der Waals surface area contributed by atoms with Crippen molar-refractivity contribution in [1.82, 2.24) is 4.98 Å². The second kappa shape index (κ2) is 8.75. The van der Waals surface area contributed by atoms with E-state index in [-0.39, 0.29) is 11.5 Å². The largest absolute Gasteiger partial charge is 0.493 e. The molecule has 0 radical (unpaired) electrons. The molecule has 0 aliphatic rings. The van der Waals surface area contributed by atoms with E-state index < -0.39 is 12.8 Å². The van der Waals surface area contributed by atoms with Crippen LogP contribution in [0.1, 0.15) is 5.56 Å². The first-order chi connectivity index (χ1) is 13.4. The summed E-state index contributed by atoms with van der Waals surface area (Å²) in [6, 6.07) is 14.3. The van der Waals surface area contributed by atoms with E-state index in [0.29, 0.717) is 10.7 Å². The number of aromatic nitrogens is 1. The maximum Gasteiger partial charge on any atom is 0.422 e. The van der Waals surface area contributed by atoms with E-state index in [4.69, 9.17) is 9.47 Å². The van der Waals surface area contributed by atoms with Gasteiger partial charge in [0.1, 0.15) is 0 Å². The van der Waals surface area contributed by atoms with E-state index in [1.165, 1.54) is 36.8 Å². The molecule has 28 heavy (non-hydrogen) atoms. The Morgan fingerprint density at radius 1 is 1.14 bits per heavy atom. The lowest BCUT2D eigenvalue weighted by atomic mass is 10.2. The molecule has 0 unspecified atom stereocenters. The van der Waals surface area contributed by atoms with Gasteiger partial charge >= 0.3 is 6.18 Å². The molecule has 3 rings (SSSR count). The molecule has 146 valence electrons. The molecule has 0 amide bonds. The summed E-state index contributed by atoms with van der Waals surface area (Å²) < 4.78 is 46.7. The van der Waals surface area contributed by atoms with Gasteiger partial charge in [-0.2, -0.15) is 18.3 Å². The molecule has 0 spiro atoms. The van der Waals surface area contributed by atoms with Gasteiger partial charge in [-0.05, 0) is 23.8 Å². The molecule has 0 fully saturated rings. The van der Waals surface area contributed by atoms with Crippen LogP contribution in [0.3, 0.4) is 0 Å². The fraction of sp³-hybridized carbons (Fsp3) is 0.158. The monoisotopic (exact) mass is 407 g/mol. The van der Waals surface area contributed by atoms with Gasteiger partial charge < -0.3 is 9.47 Å². The Hall–Kier alpha value is -3.07. The maximum absolute atomic E-state index is 12.3. The van der Waals surface area contributed by atoms with Crippen LogP contribution < -0.4 is 14.9 Å². The van der Waals surface area contributed by atoms with E-state index in [1.807, 2.05) is 35.7 Å². The molecule has 0 bridgehead atoms. The molecular weight excluding hydrogens is 391 g/mol. The summed E-state index contributed by atoms with van der Waals surface area (Å²) in [5.41, 5.74) is 5.32. The minimum absolute atomic E-state index is 0.0114. The number of rotatable bonds is 7. The zero-order chi connectivity index (χ0) is 20.0. The molecule has 5 nitrogen and oxygen atoms in total. The Morgan fingerprint density at radius 2 is 1.93 bits per heavy atom. The number of nitrogens with zero attached hydrogens (tertiary/aromatic N) is 2. The average Bonchev–Trinajstić information content (AvgIpc) is 3.16. The molecule has 0 saturated heterocycles. The van der Waals surface area contributed by atoms with E-state index in [9.17, 15) is 13.2 Å². The topological polar surface area (TPSA) is 55.7 Å². The lowest BCUT2D eigenvalue weighted by molar-refractivity contribution is -0.153. The lowest BCUT2D eigenvalue weighted by Gasteiger charge is -2.12. The number of halogens is 3. The molecule has 0 saturated carbocycles. The number of hydrazone groups is 1. The molecule has 9 heteroatoms. The van der Waals surface area contributed by atoms with Crippen molar-refractivity contribution < 1.29 is 22.6 Å². The zero-order valence-electron chi connectivity index (χ0n) is 14.7. The third-order valence-corrected chi connectivity index (χ3v) is 4.27. The minimum atomic E-state index is -4.42. The molecule has 2 aromatic carbocycles. The van der Waals surface area contributed by atoms with Crippen molar-refractivity contribution in [2.24, 2.45) is 5.10 Å². The highest BCUT2D eigenvalue weighted by Gasteiger charge is 2.29. The number of hydrogen-bond acceptors (Lipinski definition) is 6. The molecule has 0 aliphatic heterocycles. The first-order valence-corrected chi connectivity index (χ1v) is 9.00. The molecule has 0 aliphatic carbocycles. The van der Waals surface area contributed by atoms with Crippen molar-refractivity contribution in [3.63, 3.8) is 0 Å². The van der Waals surface area contributed by atoms with Crippen molar-refractivity contribution in [2.45, 2.75) is 6.18 Å². The summed E-state index contributed by atoms with van der Waals surface area (Å²) in [6.07, 6.45) is -2.90. The van der Waals surface area contributed by atoms with Crippen molar-refractivity contribution >= 4 is 22.7 Å². The second-order valence-corrected chi connectivity index (χ2v) is 6.45. The SMILES string of the molecule is COc1cc(C=NNc2nc(-c3ccccc3)cs2)ccc1OCC(F)(F)F. The molecule has 1 heterocycles. The van der Waals surface area contributed by atoms with Gasteiger partial charge in [0.05, 0.1) is 19.0 Å². The highest BCUT2D eigenvalue weighted by molar-refractivity contribution is 7.14. The first-order valence-electron chi connectivity index (χ1n) is 8.12. The summed E-state index contributed by atoms with van der Waals surface area (Å²) in [4.78, 5) is 4.45. The van der Waals surface area contributed by atoms with Gasteiger partial charge in [-0.15, -0.1) is 11.3 Å². The number of ether oxygens (including phenoxy) is 2. The summed E-state index contributed by atoms with van der Waals surface area (Å²) >= 11 is 1.41. The third kappa shape index (κ3) is 5.46. The van der Waals surface area contributed by atoms with E-state index in [2.05, 4.69) is 15.5 Å². The normalized spacial score (nSPS) is 11.6. The van der Waals surface area contributed by atoms with Crippen LogP contribution >= 0.6 is 11.3 Å². The number of methoxy groups -OCH3 is 1.